The van der Waals surface area contributed by atoms with Crippen molar-refractivity contribution in [2.24, 2.45) is 0 Å². The second-order valence-corrected chi connectivity index (χ2v) is 10.3. The number of hydroxylamine groups is 3. The molecular weight excluding hydrogens is 560 g/mol. The Morgan fingerprint density at radius 2 is 1.62 bits per heavy atom. The van der Waals surface area contributed by atoms with Crippen molar-refractivity contribution in [2.45, 2.75) is 36.1 Å². The van der Waals surface area contributed by atoms with Gasteiger partial charge in [-0.05, 0) is 41.0 Å². The fourth-order valence-corrected chi connectivity index (χ4v) is 4.80. The summed E-state index contributed by atoms with van der Waals surface area (Å²) in [5.41, 5.74) is -5.51. The van der Waals surface area contributed by atoms with E-state index in [-0.39, 0.29) is 5.56 Å². The predicted octanol–water partition coefficient (Wildman–Crippen LogP) is 4.42. The molecule has 3 amide bonds. The minimum atomic E-state index is -5.76. The molecule has 0 aliphatic carbocycles. The van der Waals surface area contributed by atoms with Gasteiger partial charge in [-0.2, -0.15) is 31.2 Å². The van der Waals surface area contributed by atoms with Crippen LogP contribution in [0.3, 0.4) is 0 Å². The van der Waals surface area contributed by atoms with Gasteiger partial charge in [0.15, 0.2) is 6.54 Å². The molecule has 0 N–H and O–H groups in total. The lowest BCUT2D eigenvalue weighted by molar-refractivity contribution is -1.04. The molecule has 0 bridgehead atoms. The number of pyridine rings is 1. The quantitative estimate of drug-likeness (QED) is 0.251. The number of hydrogen-bond donors (Lipinski definition) is 0. The molecule has 1 aliphatic heterocycles. The van der Waals surface area contributed by atoms with E-state index >= 15 is 0 Å². The van der Waals surface area contributed by atoms with Crippen LogP contribution in [0.2, 0.25) is 0 Å². The highest BCUT2D eigenvalue weighted by Gasteiger charge is 2.65. The molecule has 1 saturated heterocycles. The highest BCUT2D eigenvalue weighted by atomic mass is 32.2. The van der Waals surface area contributed by atoms with Crippen molar-refractivity contribution in [1.82, 2.24) is 4.98 Å². The molecule has 3 aromatic rings. The van der Waals surface area contributed by atoms with E-state index in [1.807, 2.05) is 0 Å². The lowest BCUT2D eigenvalue weighted by Gasteiger charge is -2.30. The fraction of sp³-hybridized carbons (Fsp3) is 0.217. The average molecular weight is 576 g/mol. The topological polar surface area (TPSA) is 111 Å². The van der Waals surface area contributed by atoms with E-state index in [0.717, 1.165) is 6.92 Å². The number of carbonyl (C=O) groups is 3. The molecule has 4 rings (SSSR count). The Bertz CT molecular complexity index is 1590. The first kappa shape index (κ1) is 28.0. The van der Waals surface area contributed by atoms with Crippen LogP contribution < -0.4 is 4.90 Å². The van der Waals surface area contributed by atoms with Crippen molar-refractivity contribution >= 4 is 44.3 Å². The number of hydrogen-bond acceptors (Lipinski definition) is 7. The molecule has 2 heterocycles. The van der Waals surface area contributed by atoms with Gasteiger partial charge in [-0.1, -0.05) is 18.2 Å². The lowest BCUT2D eigenvalue weighted by Crippen LogP contribution is -2.57. The number of fused-ring (bicyclic) bond motifs is 1. The number of nitrogens with zero attached hydrogens (tertiary/aromatic N) is 3. The number of benzene rings is 2. The monoisotopic (exact) mass is 576 g/mol. The molecule has 9 nitrogen and oxygen atoms in total. The van der Waals surface area contributed by atoms with Gasteiger partial charge in [-0.15, -0.1) is 0 Å². The Morgan fingerprint density at radius 1 is 1.00 bits per heavy atom. The van der Waals surface area contributed by atoms with E-state index in [4.69, 9.17) is 0 Å². The third-order valence-electron chi connectivity index (χ3n) is 6.05. The number of sulfone groups is 1. The van der Waals surface area contributed by atoms with Crippen molar-refractivity contribution in [3.05, 3.63) is 66.4 Å². The van der Waals surface area contributed by atoms with Crippen molar-refractivity contribution in [2.75, 3.05) is 4.90 Å². The van der Waals surface area contributed by atoms with Gasteiger partial charge >= 0.3 is 29.6 Å². The molecule has 2 aromatic carbocycles. The SMILES string of the molecule is C[C@H]1C(=O)N(c2ccc(S(=O)(=O)C(F)(F)F)cc2)C(=O)[N+]1(Cc1ccnc2ccccc12)OC(=O)C(F)(F)F. The third-order valence-corrected chi connectivity index (χ3v) is 7.55. The number of quaternary nitrogens is 1. The number of rotatable bonds is 5. The zero-order chi connectivity index (χ0) is 29.0. The molecule has 16 heteroatoms. The van der Waals surface area contributed by atoms with Gasteiger partial charge in [0.2, 0.25) is 6.04 Å². The van der Waals surface area contributed by atoms with Gasteiger partial charge in [-0.3, -0.25) is 14.6 Å². The predicted molar refractivity (Wildman–Crippen MR) is 120 cm³/mol. The van der Waals surface area contributed by atoms with Gasteiger partial charge in [0, 0.05) is 24.1 Å². The van der Waals surface area contributed by atoms with E-state index in [9.17, 15) is 49.1 Å². The van der Waals surface area contributed by atoms with Gasteiger partial charge in [0.1, 0.15) is 0 Å². The van der Waals surface area contributed by atoms with Crippen LogP contribution >= 0.6 is 0 Å². The summed E-state index contributed by atoms with van der Waals surface area (Å²) >= 11 is 0. The van der Waals surface area contributed by atoms with E-state index in [1.165, 1.54) is 12.3 Å². The maximum absolute atomic E-state index is 13.6. The summed E-state index contributed by atoms with van der Waals surface area (Å²) in [5.74, 6) is -3.91. The number of aromatic nitrogens is 1. The second-order valence-electron chi connectivity index (χ2n) is 8.39. The summed E-state index contributed by atoms with van der Waals surface area (Å²) in [4.78, 5) is 46.6. The first-order valence-corrected chi connectivity index (χ1v) is 12.3. The minimum Gasteiger partial charge on any atom is -0.267 e. The Morgan fingerprint density at radius 3 is 2.21 bits per heavy atom. The van der Waals surface area contributed by atoms with E-state index in [0.29, 0.717) is 40.1 Å². The highest BCUT2D eigenvalue weighted by molar-refractivity contribution is 7.92. The van der Waals surface area contributed by atoms with E-state index in [2.05, 4.69) is 9.82 Å². The standard InChI is InChI=1S/C23H16F6N3O6S/c1-13-19(33)31(15-6-8-16(9-7-15)39(36,37)23(27,28)29)21(35)32(13,38-20(34)22(24,25)26)12-14-10-11-30-18-5-3-2-4-17(14)18/h2-11,13H,12H2,1H3/q+1/t13-,32?/m0/s1. The maximum Gasteiger partial charge on any atom is 0.501 e. The van der Waals surface area contributed by atoms with Gasteiger partial charge in [-0.25, -0.2) is 18.0 Å². The molecule has 0 saturated carbocycles. The first-order valence-electron chi connectivity index (χ1n) is 10.8. The molecule has 1 aliphatic rings. The normalized spacial score (nSPS) is 20.5. The van der Waals surface area contributed by atoms with Crippen molar-refractivity contribution in [1.29, 1.82) is 0 Å². The third kappa shape index (κ3) is 4.69. The molecule has 1 unspecified atom stereocenters. The molecule has 0 spiro atoms. The molecular formula is C23H16F6N3O6S+. The zero-order valence-corrected chi connectivity index (χ0v) is 20.3. The van der Waals surface area contributed by atoms with Gasteiger partial charge in [0.25, 0.3) is 9.84 Å². The smallest absolute Gasteiger partial charge is 0.267 e. The molecule has 0 radical (unpaired) electrons. The highest BCUT2D eigenvalue weighted by Crippen LogP contribution is 2.38. The van der Waals surface area contributed by atoms with Crippen molar-refractivity contribution < 1.29 is 58.6 Å². The number of carbonyl (C=O) groups excluding carboxylic acids is 3. The lowest BCUT2D eigenvalue weighted by atomic mass is 10.1. The van der Waals surface area contributed by atoms with Crippen LogP contribution in [0.4, 0.5) is 36.8 Å². The Balaban J connectivity index is 1.81. The largest absolute Gasteiger partial charge is 0.501 e. The van der Waals surface area contributed by atoms with Crippen LogP contribution in [-0.2, 0) is 30.8 Å². The number of urea groups is 1. The second kappa shape index (κ2) is 9.30. The van der Waals surface area contributed by atoms with Crippen LogP contribution in [-0.4, -0.2) is 53.7 Å². The van der Waals surface area contributed by atoms with Crippen LogP contribution in [0.1, 0.15) is 12.5 Å². The molecule has 206 valence electrons. The van der Waals surface area contributed by atoms with Gasteiger partial charge in [0.05, 0.1) is 16.1 Å². The van der Waals surface area contributed by atoms with Crippen LogP contribution in [0.5, 0.6) is 0 Å². The number of anilines is 1. The Hall–Kier alpha value is -4.05. The Kier molecular flexibility index (Phi) is 6.67. The minimum absolute atomic E-state index is 0.192. The van der Waals surface area contributed by atoms with Crippen LogP contribution in [0.15, 0.2) is 65.7 Å². The van der Waals surface area contributed by atoms with E-state index in [1.54, 1.807) is 24.3 Å². The van der Waals surface area contributed by atoms with Gasteiger partial charge < -0.3 is 0 Å². The average Bonchev–Trinajstić information content (AvgIpc) is 3.03. The number of para-hydroxylation sites is 1. The number of alkyl halides is 6. The molecule has 39 heavy (non-hydrogen) atoms. The Labute approximate surface area is 215 Å². The first-order chi connectivity index (χ1) is 18.0. The maximum atomic E-state index is 13.6. The van der Waals surface area contributed by atoms with Crippen molar-refractivity contribution in [3.63, 3.8) is 0 Å². The van der Waals surface area contributed by atoms with Crippen LogP contribution in [0.25, 0.3) is 10.9 Å². The number of halogens is 6. The molecule has 1 aromatic heterocycles. The summed E-state index contributed by atoms with van der Waals surface area (Å²) in [6.45, 7) is 0.295. The fourth-order valence-electron chi connectivity index (χ4n) is 4.04. The van der Waals surface area contributed by atoms with Crippen LogP contribution in [0, 0.1) is 0 Å². The molecule has 1 fully saturated rings. The zero-order valence-electron chi connectivity index (χ0n) is 19.5. The van der Waals surface area contributed by atoms with E-state index < -0.39 is 67.2 Å². The summed E-state index contributed by atoms with van der Waals surface area (Å²) in [6.07, 6.45) is -4.25. The summed E-state index contributed by atoms with van der Waals surface area (Å²) in [5, 5.41) is 0.383. The number of amides is 3. The van der Waals surface area contributed by atoms with Crippen molar-refractivity contribution in [3.8, 4) is 0 Å². The summed E-state index contributed by atoms with van der Waals surface area (Å²) in [6, 6.07) is 6.86. The molecule has 2 atom stereocenters. The summed E-state index contributed by atoms with van der Waals surface area (Å²) < 4.78 is 99.8. The summed E-state index contributed by atoms with van der Waals surface area (Å²) in [7, 11) is -5.76. The number of imide groups is 1.